The summed E-state index contributed by atoms with van der Waals surface area (Å²) in [4.78, 5) is 23.3. The van der Waals surface area contributed by atoms with Crippen molar-refractivity contribution in [3.05, 3.63) is 33.6 Å². The SMILES string of the molecule is CCCN(C)C(=O)c1cc(N)c(F)cc1[N+](=O)[O-]. The van der Waals surface area contributed by atoms with Crippen LogP contribution in [0, 0.1) is 15.9 Å². The Morgan fingerprint density at radius 1 is 1.56 bits per heavy atom. The minimum absolute atomic E-state index is 0.199. The van der Waals surface area contributed by atoms with Crippen molar-refractivity contribution in [2.75, 3.05) is 19.3 Å². The summed E-state index contributed by atoms with van der Waals surface area (Å²) in [6.07, 6.45) is 0.715. The summed E-state index contributed by atoms with van der Waals surface area (Å²) >= 11 is 0. The van der Waals surface area contributed by atoms with Crippen molar-refractivity contribution < 1.29 is 14.1 Å². The Morgan fingerprint density at radius 2 is 2.17 bits per heavy atom. The molecular weight excluding hydrogens is 241 g/mol. The van der Waals surface area contributed by atoms with E-state index < -0.39 is 22.3 Å². The number of nitrogens with zero attached hydrogens (tertiary/aromatic N) is 2. The summed E-state index contributed by atoms with van der Waals surface area (Å²) in [5, 5.41) is 10.8. The molecule has 1 rings (SSSR count). The molecular formula is C11H14FN3O3. The zero-order chi connectivity index (χ0) is 13.9. The van der Waals surface area contributed by atoms with Gasteiger partial charge in [-0.15, -0.1) is 0 Å². The van der Waals surface area contributed by atoms with Crippen molar-refractivity contribution in [1.82, 2.24) is 4.90 Å². The van der Waals surface area contributed by atoms with Crippen LogP contribution in [0.3, 0.4) is 0 Å². The molecule has 0 spiro atoms. The van der Waals surface area contributed by atoms with Crippen LogP contribution in [0.15, 0.2) is 12.1 Å². The standard InChI is InChI=1S/C11H14FN3O3/c1-3-4-14(2)11(16)7-5-9(13)8(12)6-10(7)15(17)18/h5-6H,3-4,13H2,1-2H3. The number of benzene rings is 1. The van der Waals surface area contributed by atoms with Crippen molar-refractivity contribution in [2.45, 2.75) is 13.3 Å². The van der Waals surface area contributed by atoms with Gasteiger partial charge in [0.25, 0.3) is 11.6 Å². The zero-order valence-electron chi connectivity index (χ0n) is 10.1. The van der Waals surface area contributed by atoms with E-state index in [0.29, 0.717) is 19.0 Å². The fraction of sp³-hybridized carbons (Fsp3) is 0.364. The summed E-state index contributed by atoms with van der Waals surface area (Å²) in [5.74, 6) is -1.45. The van der Waals surface area contributed by atoms with Crippen molar-refractivity contribution in [3.63, 3.8) is 0 Å². The minimum Gasteiger partial charge on any atom is -0.396 e. The van der Waals surface area contributed by atoms with Crippen LogP contribution in [0.2, 0.25) is 0 Å². The molecule has 0 saturated heterocycles. The van der Waals surface area contributed by atoms with Crippen LogP contribution in [0.4, 0.5) is 15.8 Å². The van der Waals surface area contributed by atoms with Gasteiger partial charge in [0.15, 0.2) is 5.82 Å². The molecule has 1 aromatic rings. The molecule has 0 heterocycles. The Labute approximate surface area is 103 Å². The van der Waals surface area contributed by atoms with E-state index in [-0.39, 0.29) is 11.3 Å². The van der Waals surface area contributed by atoms with Crippen molar-refractivity contribution in [1.29, 1.82) is 0 Å². The predicted octanol–water partition coefficient (Wildman–Crippen LogP) is 1.80. The summed E-state index contributed by atoms with van der Waals surface area (Å²) in [5.41, 5.74) is 4.28. The van der Waals surface area contributed by atoms with Gasteiger partial charge in [0, 0.05) is 13.6 Å². The van der Waals surface area contributed by atoms with Crippen LogP contribution in [-0.4, -0.2) is 29.3 Å². The Balaban J connectivity index is 3.26. The van der Waals surface area contributed by atoms with Gasteiger partial charge in [-0.2, -0.15) is 0 Å². The Morgan fingerprint density at radius 3 is 2.67 bits per heavy atom. The molecule has 7 heteroatoms. The molecule has 1 aromatic carbocycles. The average Bonchev–Trinajstić information content (AvgIpc) is 2.31. The lowest BCUT2D eigenvalue weighted by molar-refractivity contribution is -0.385. The molecule has 0 unspecified atom stereocenters. The number of nitrogen functional groups attached to an aromatic ring is 1. The Hall–Kier alpha value is -2.18. The molecule has 6 nitrogen and oxygen atoms in total. The first kappa shape index (κ1) is 13.9. The van der Waals surface area contributed by atoms with Crippen LogP contribution in [0.5, 0.6) is 0 Å². The quantitative estimate of drug-likeness (QED) is 0.504. The molecule has 98 valence electrons. The topological polar surface area (TPSA) is 89.5 Å². The van der Waals surface area contributed by atoms with E-state index in [2.05, 4.69) is 0 Å². The van der Waals surface area contributed by atoms with Crippen molar-refractivity contribution in [2.24, 2.45) is 0 Å². The summed E-state index contributed by atoms with van der Waals surface area (Å²) in [6.45, 7) is 2.32. The highest BCUT2D eigenvalue weighted by Crippen LogP contribution is 2.25. The first-order valence-corrected chi connectivity index (χ1v) is 5.37. The third kappa shape index (κ3) is 2.73. The molecule has 0 bridgehead atoms. The second kappa shape index (κ2) is 5.44. The fourth-order valence-corrected chi connectivity index (χ4v) is 1.54. The number of carbonyl (C=O) groups is 1. The highest BCUT2D eigenvalue weighted by atomic mass is 19.1. The lowest BCUT2D eigenvalue weighted by Crippen LogP contribution is -2.28. The number of hydrogen-bond donors (Lipinski definition) is 1. The number of rotatable bonds is 4. The monoisotopic (exact) mass is 255 g/mol. The highest BCUT2D eigenvalue weighted by Gasteiger charge is 2.24. The average molecular weight is 255 g/mol. The van der Waals surface area contributed by atoms with E-state index in [1.807, 2.05) is 6.92 Å². The maximum atomic E-state index is 13.2. The first-order valence-electron chi connectivity index (χ1n) is 5.37. The van der Waals surface area contributed by atoms with Crippen LogP contribution in [0.25, 0.3) is 0 Å². The molecule has 0 aromatic heterocycles. The number of nitro groups is 1. The molecule has 0 aliphatic carbocycles. The molecule has 18 heavy (non-hydrogen) atoms. The smallest absolute Gasteiger partial charge is 0.285 e. The van der Waals surface area contributed by atoms with E-state index in [0.717, 1.165) is 6.07 Å². The van der Waals surface area contributed by atoms with Gasteiger partial charge in [-0.25, -0.2) is 4.39 Å². The van der Waals surface area contributed by atoms with Crippen molar-refractivity contribution >= 4 is 17.3 Å². The fourth-order valence-electron chi connectivity index (χ4n) is 1.54. The number of halogens is 1. The number of nitrogens with two attached hydrogens (primary N) is 1. The number of hydrogen-bond acceptors (Lipinski definition) is 4. The number of anilines is 1. The van der Waals surface area contributed by atoms with Gasteiger partial charge in [0.1, 0.15) is 5.56 Å². The summed E-state index contributed by atoms with van der Waals surface area (Å²) in [6, 6.07) is 1.67. The molecule has 0 fully saturated rings. The van der Waals surface area contributed by atoms with Gasteiger partial charge < -0.3 is 10.6 Å². The second-order valence-corrected chi connectivity index (χ2v) is 3.87. The first-order chi connectivity index (χ1) is 8.38. The lowest BCUT2D eigenvalue weighted by Gasteiger charge is -2.16. The van der Waals surface area contributed by atoms with Gasteiger partial charge in [-0.3, -0.25) is 14.9 Å². The normalized spacial score (nSPS) is 10.2. The van der Waals surface area contributed by atoms with Gasteiger partial charge in [-0.1, -0.05) is 6.92 Å². The molecule has 2 N–H and O–H groups in total. The van der Waals surface area contributed by atoms with Gasteiger partial charge in [0.2, 0.25) is 0 Å². The summed E-state index contributed by atoms with van der Waals surface area (Å²) in [7, 11) is 1.52. The van der Waals surface area contributed by atoms with Crippen LogP contribution >= 0.6 is 0 Å². The number of carbonyl (C=O) groups excluding carboxylic acids is 1. The molecule has 0 saturated carbocycles. The molecule has 0 radical (unpaired) electrons. The maximum absolute atomic E-state index is 13.2. The minimum atomic E-state index is -0.906. The molecule has 0 aliphatic heterocycles. The molecule has 0 aliphatic rings. The second-order valence-electron chi connectivity index (χ2n) is 3.87. The number of nitro benzene ring substituents is 1. The van der Waals surface area contributed by atoms with E-state index in [9.17, 15) is 19.3 Å². The lowest BCUT2D eigenvalue weighted by atomic mass is 10.1. The van der Waals surface area contributed by atoms with E-state index in [1.165, 1.54) is 11.9 Å². The Bertz CT molecular complexity index is 491. The molecule has 1 amide bonds. The van der Waals surface area contributed by atoms with Crippen LogP contribution in [0.1, 0.15) is 23.7 Å². The maximum Gasteiger partial charge on any atom is 0.285 e. The van der Waals surface area contributed by atoms with Gasteiger partial charge >= 0.3 is 0 Å². The van der Waals surface area contributed by atoms with Crippen LogP contribution in [-0.2, 0) is 0 Å². The van der Waals surface area contributed by atoms with E-state index >= 15 is 0 Å². The van der Waals surface area contributed by atoms with E-state index in [1.54, 1.807) is 0 Å². The van der Waals surface area contributed by atoms with E-state index in [4.69, 9.17) is 5.73 Å². The Kier molecular flexibility index (Phi) is 4.19. The van der Waals surface area contributed by atoms with Crippen molar-refractivity contribution in [3.8, 4) is 0 Å². The zero-order valence-corrected chi connectivity index (χ0v) is 10.1. The predicted molar refractivity (Wildman–Crippen MR) is 64.7 cm³/mol. The third-order valence-corrected chi connectivity index (χ3v) is 2.45. The highest BCUT2D eigenvalue weighted by molar-refractivity contribution is 5.98. The third-order valence-electron chi connectivity index (χ3n) is 2.45. The van der Waals surface area contributed by atoms with Gasteiger partial charge in [0.05, 0.1) is 16.7 Å². The largest absolute Gasteiger partial charge is 0.396 e. The molecule has 0 atom stereocenters. The number of amides is 1. The summed E-state index contributed by atoms with van der Waals surface area (Å²) < 4.78 is 13.2. The van der Waals surface area contributed by atoms with Crippen LogP contribution < -0.4 is 5.73 Å². The van der Waals surface area contributed by atoms with Gasteiger partial charge in [-0.05, 0) is 12.5 Å².